The van der Waals surface area contributed by atoms with E-state index in [1.807, 2.05) is 0 Å². The molecule has 104 valence electrons. The molecule has 1 aromatic rings. The highest BCUT2D eigenvalue weighted by Crippen LogP contribution is 2.31. The van der Waals surface area contributed by atoms with Gasteiger partial charge < -0.3 is 5.73 Å². The van der Waals surface area contributed by atoms with Crippen molar-refractivity contribution >= 4 is 22.2 Å². The number of hydrogen-bond donors (Lipinski definition) is 1. The van der Waals surface area contributed by atoms with Crippen LogP contribution in [0.15, 0.2) is 23.1 Å². The molecule has 0 saturated carbocycles. The van der Waals surface area contributed by atoms with Gasteiger partial charge in [0.25, 0.3) is 0 Å². The van der Waals surface area contributed by atoms with Gasteiger partial charge in [-0.1, -0.05) is 6.92 Å². The van der Waals surface area contributed by atoms with E-state index in [2.05, 4.69) is 0 Å². The van der Waals surface area contributed by atoms with Crippen LogP contribution in [0.1, 0.15) is 18.1 Å². The van der Waals surface area contributed by atoms with E-state index in [-0.39, 0.29) is 35.2 Å². The highest BCUT2D eigenvalue weighted by atomic mass is 35.5. The summed E-state index contributed by atoms with van der Waals surface area (Å²) < 4.78 is 60.5. The van der Waals surface area contributed by atoms with E-state index in [0.29, 0.717) is 0 Å². The first-order valence-corrected chi connectivity index (χ1v) is 6.50. The zero-order chi connectivity index (χ0) is 13.3. The van der Waals surface area contributed by atoms with Gasteiger partial charge in [-0.05, 0) is 23.8 Å². The Bertz CT molecular complexity index is 514. The van der Waals surface area contributed by atoms with Gasteiger partial charge >= 0.3 is 6.18 Å². The van der Waals surface area contributed by atoms with E-state index in [1.54, 1.807) is 0 Å². The Labute approximate surface area is 110 Å². The van der Waals surface area contributed by atoms with Crippen LogP contribution < -0.4 is 5.73 Å². The number of hydrogen-bond acceptors (Lipinski definition) is 3. The van der Waals surface area contributed by atoms with Crippen molar-refractivity contribution in [2.45, 2.75) is 24.5 Å². The van der Waals surface area contributed by atoms with Crippen LogP contribution in [0.4, 0.5) is 13.2 Å². The second-order valence-electron chi connectivity index (χ2n) is 3.43. The first kappa shape index (κ1) is 17.2. The molecule has 2 N–H and O–H groups in total. The summed E-state index contributed by atoms with van der Waals surface area (Å²) in [4.78, 5) is -0.129. The summed E-state index contributed by atoms with van der Waals surface area (Å²) in [7, 11) is -3.55. The van der Waals surface area contributed by atoms with Crippen molar-refractivity contribution in [1.29, 1.82) is 0 Å². The van der Waals surface area contributed by atoms with Gasteiger partial charge in [0.05, 0.1) is 16.2 Å². The number of sulfone groups is 1. The number of nitrogens with two attached hydrogens (primary N) is 1. The van der Waals surface area contributed by atoms with Crippen molar-refractivity contribution in [3.05, 3.63) is 29.3 Å². The van der Waals surface area contributed by atoms with Crippen LogP contribution in [0.5, 0.6) is 0 Å². The normalized spacial score (nSPS) is 12.1. The second-order valence-corrected chi connectivity index (χ2v) is 5.67. The van der Waals surface area contributed by atoms with Crippen LogP contribution >= 0.6 is 12.4 Å². The van der Waals surface area contributed by atoms with Gasteiger partial charge in [0.15, 0.2) is 9.84 Å². The summed E-state index contributed by atoms with van der Waals surface area (Å²) in [6.07, 6.45) is -4.50. The predicted molar refractivity (Wildman–Crippen MR) is 64.3 cm³/mol. The minimum absolute atomic E-state index is 0. The van der Waals surface area contributed by atoms with Crippen LogP contribution in [0.25, 0.3) is 0 Å². The molecule has 0 bridgehead atoms. The monoisotopic (exact) mass is 303 g/mol. The molecule has 0 radical (unpaired) electrons. The van der Waals surface area contributed by atoms with E-state index in [9.17, 15) is 21.6 Å². The molecule has 1 rings (SSSR count). The second kappa shape index (κ2) is 5.90. The number of rotatable bonds is 3. The molecular weight excluding hydrogens is 291 g/mol. The minimum Gasteiger partial charge on any atom is -0.326 e. The molecule has 0 aromatic heterocycles. The molecular formula is C10H13ClF3NO2S. The Balaban J connectivity index is 0.00000289. The molecule has 0 aliphatic carbocycles. The molecule has 3 nitrogen and oxygen atoms in total. The molecule has 0 aliphatic rings. The summed E-state index contributed by atoms with van der Waals surface area (Å²) in [6, 6.07) is 2.49. The van der Waals surface area contributed by atoms with E-state index >= 15 is 0 Å². The topological polar surface area (TPSA) is 60.2 Å². The first-order valence-electron chi connectivity index (χ1n) is 4.85. The number of alkyl halides is 3. The maximum absolute atomic E-state index is 12.4. The van der Waals surface area contributed by atoms with Crippen molar-refractivity contribution in [2.75, 3.05) is 5.75 Å². The van der Waals surface area contributed by atoms with Crippen LogP contribution in [-0.2, 0) is 22.6 Å². The fourth-order valence-electron chi connectivity index (χ4n) is 1.37. The average Bonchev–Trinajstić information content (AvgIpc) is 2.27. The molecule has 0 atom stereocenters. The van der Waals surface area contributed by atoms with Crippen LogP contribution in [0.3, 0.4) is 0 Å². The third-order valence-electron chi connectivity index (χ3n) is 2.32. The molecule has 0 unspecified atom stereocenters. The molecule has 0 spiro atoms. The highest BCUT2D eigenvalue weighted by molar-refractivity contribution is 7.91. The van der Waals surface area contributed by atoms with Crippen LogP contribution in [0, 0.1) is 0 Å². The Hall–Kier alpha value is -0.790. The largest absolute Gasteiger partial charge is 0.416 e. The van der Waals surface area contributed by atoms with Gasteiger partial charge in [0, 0.05) is 6.54 Å². The fourth-order valence-corrected chi connectivity index (χ4v) is 2.50. The molecule has 0 amide bonds. The molecule has 18 heavy (non-hydrogen) atoms. The molecule has 0 aliphatic heterocycles. The maximum atomic E-state index is 12.4. The zero-order valence-electron chi connectivity index (χ0n) is 9.49. The van der Waals surface area contributed by atoms with E-state index in [0.717, 1.165) is 18.2 Å². The lowest BCUT2D eigenvalue weighted by Gasteiger charge is -2.12. The van der Waals surface area contributed by atoms with Crippen molar-refractivity contribution in [3.8, 4) is 0 Å². The Morgan fingerprint density at radius 2 is 1.83 bits per heavy atom. The predicted octanol–water partition coefficient (Wildman–Crippen LogP) is 2.38. The molecule has 0 saturated heterocycles. The summed E-state index contributed by atoms with van der Waals surface area (Å²) >= 11 is 0. The summed E-state index contributed by atoms with van der Waals surface area (Å²) in [5, 5.41) is 0. The fraction of sp³-hybridized carbons (Fsp3) is 0.400. The van der Waals surface area contributed by atoms with Crippen LogP contribution in [0.2, 0.25) is 0 Å². The summed E-state index contributed by atoms with van der Waals surface area (Å²) in [5.41, 5.74) is 4.37. The van der Waals surface area contributed by atoms with Crippen molar-refractivity contribution in [1.82, 2.24) is 0 Å². The Morgan fingerprint density at radius 3 is 2.22 bits per heavy atom. The van der Waals surface area contributed by atoms with Gasteiger partial charge in [-0.2, -0.15) is 13.2 Å². The van der Waals surface area contributed by atoms with Crippen molar-refractivity contribution < 1.29 is 21.6 Å². The van der Waals surface area contributed by atoms with Crippen molar-refractivity contribution in [3.63, 3.8) is 0 Å². The lowest BCUT2D eigenvalue weighted by atomic mass is 10.1. The number of benzene rings is 1. The standard InChI is InChI=1S/C10H12F3NO2S.ClH/c1-2-17(15,16)9-4-3-8(10(11,12)13)5-7(9)6-14;/h3-5H,2,6,14H2,1H3;1H. The molecule has 1 aromatic carbocycles. The zero-order valence-corrected chi connectivity index (χ0v) is 11.1. The SMILES string of the molecule is CCS(=O)(=O)c1ccc(C(F)(F)F)cc1CN.Cl. The van der Waals surface area contributed by atoms with E-state index in [4.69, 9.17) is 5.73 Å². The molecule has 8 heteroatoms. The van der Waals surface area contributed by atoms with Gasteiger partial charge in [-0.3, -0.25) is 0 Å². The van der Waals surface area contributed by atoms with Crippen molar-refractivity contribution in [2.24, 2.45) is 5.73 Å². The van der Waals surface area contributed by atoms with E-state index < -0.39 is 21.6 Å². The summed E-state index contributed by atoms with van der Waals surface area (Å²) in [5.74, 6) is -0.175. The average molecular weight is 304 g/mol. The van der Waals surface area contributed by atoms with Gasteiger partial charge in [0.2, 0.25) is 0 Å². The minimum atomic E-state index is -4.50. The summed E-state index contributed by atoms with van der Waals surface area (Å²) in [6.45, 7) is 1.17. The third-order valence-corrected chi connectivity index (χ3v) is 4.15. The number of halogens is 4. The first-order chi connectivity index (χ1) is 7.72. The van der Waals surface area contributed by atoms with Gasteiger partial charge in [0.1, 0.15) is 0 Å². The Morgan fingerprint density at radius 1 is 1.28 bits per heavy atom. The lowest BCUT2D eigenvalue weighted by Crippen LogP contribution is -2.13. The smallest absolute Gasteiger partial charge is 0.326 e. The Kier molecular flexibility index (Phi) is 5.64. The van der Waals surface area contributed by atoms with E-state index in [1.165, 1.54) is 6.92 Å². The lowest BCUT2D eigenvalue weighted by molar-refractivity contribution is -0.137. The quantitative estimate of drug-likeness (QED) is 0.932. The molecule has 0 heterocycles. The van der Waals surface area contributed by atoms with Gasteiger partial charge in [-0.25, -0.2) is 8.42 Å². The van der Waals surface area contributed by atoms with Crippen LogP contribution in [-0.4, -0.2) is 14.2 Å². The molecule has 0 fully saturated rings. The highest BCUT2D eigenvalue weighted by Gasteiger charge is 2.31. The van der Waals surface area contributed by atoms with Gasteiger partial charge in [-0.15, -0.1) is 12.4 Å². The maximum Gasteiger partial charge on any atom is 0.416 e. The third kappa shape index (κ3) is 3.60.